The Bertz CT molecular complexity index is 554. The zero-order valence-electron chi connectivity index (χ0n) is 11.3. The molecule has 0 N–H and O–H groups in total. The van der Waals surface area contributed by atoms with Gasteiger partial charge in [0.15, 0.2) is 0 Å². The summed E-state index contributed by atoms with van der Waals surface area (Å²) in [6.07, 6.45) is 0. The zero-order valence-corrected chi connectivity index (χ0v) is 12.0. The fourth-order valence-electron chi connectivity index (χ4n) is 1.86. The number of para-hydroxylation sites is 1. The standard InChI is InChI=1S/C16H16ClNO2/c1-13(19)18(15-5-3-2-4-6-15)11-12-20-16-9-7-14(17)8-10-16/h2-10H,11-12H2,1H3. The van der Waals surface area contributed by atoms with E-state index in [0.29, 0.717) is 18.2 Å². The predicted molar refractivity (Wildman–Crippen MR) is 81.4 cm³/mol. The van der Waals surface area contributed by atoms with Crippen molar-refractivity contribution in [1.82, 2.24) is 0 Å². The van der Waals surface area contributed by atoms with Gasteiger partial charge in [0.2, 0.25) is 5.91 Å². The second-order valence-corrected chi connectivity index (χ2v) is 4.75. The van der Waals surface area contributed by atoms with Gasteiger partial charge in [-0.2, -0.15) is 0 Å². The predicted octanol–water partition coefficient (Wildman–Crippen LogP) is 3.77. The second-order valence-electron chi connectivity index (χ2n) is 4.31. The molecule has 2 aromatic carbocycles. The maximum atomic E-state index is 11.7. The van der Waals surface area contributed by atoms with Gasteiger partial charge in [-0.3, -0.25) is 4.79 Å². The van der Waals surface area contributed by atoms with Crippen LogP contribution in [-0.2, 0) is 4.79 Å². The van der Waals surface area contributed by atoms with E-state index in [2.05, 4.69) is 0 Å². The maximum absolute atomic E-state index is 11.7. The Morgan fingerprint density at radius 1 is 1.10 bits per heavy atom. The van der Waals surface area contributed by atoms with Crippen LogP contribution in [0, 0.1) is 0 Å². The van der Waals surface area contributed by atoms with Gasteiger partial charge in [0.25, 0.3) is 0 Å². The van der Waals surface area contributed by atoms with Gasteiger partial charge < -0.3 is 9.64 Å². The van der Waals surface area contributed by atoms with E-state index in [0.717, 1.165) is 11.4 Å². The molecule has 3 nitrogen and oxygen atoms in total. The van der Waals surface area contributed by atoms with Gasteiger partial charge in [-0.15, -0.1) is 0 Å². The zero-order chi connectivity index (χ0) is 14.4. The Labute approximate surface area is 123 Å². The van der Waals surface area contributed by atoms with Crippen molar-refractivity contribution < 1.29 is 9.53 Å². The Morgan fingerprint density at radius 3 is 2.35 bits per heavy atom. The minimum atomic E-state index is -0.00379. The summed E-state index contributed by atoms with van der Waals surface area (Å²) in [5, 5.41) is 0.673. The smallest absolute Gasteiger partial charge is 0.223 e. The first-order valence-corrected chi connectivity index (χ1v) is 6.76. The number of rotatable bonds is 5. The molecule has 104 valence electrons. The molecule has 0 unspecified atom stereocenters. The van der Waals surface area contributed by atoms with Gasteiger partial charge in [-0.05, 0) is 36.4 Å². The molecule has 4 heteroatoms. The van der Waals surface area contributed by atoms with Gasteiger partial charge in [0.05, 0.1) is 6.54 Å². The minimum absolute atomic E-state index is 0.00379. The molecule has 0 heterocycles. The third kappa shape index (κ3) is 4.00. The number of halogens is 1. The van der Waals surface area contributed by atoms with Gasteiger partial charge in [-0.1, -0.05) is 29.8 Å². The highest BCUT2D eigenvalue weighted by molar-refractivity contribution is 6.30. The molecule has 0 atom stereocenters. The van der Waals surface area contributed by atoms with E-state index in [1.165, 1.54) is 0 Å². The SMILES string of the molecule is CC(=O)N(CCOc1ccc(Cl)cc1)c1ccccc1. The van der Waals surface area contributed by atoms with Crippen LogP contribution in [0.2, 0.25) is 5.02 Å². The number of ether oxygens (including phenoxy) is 1. The molecule has 0 spiro atoms. The highest BCUT2D eigenvalue weighted by Crippen LogP contribution is 2.16. The van der Waals surface area contributed by atoms with Crippen LogP contribution in [0.25, 0.3) is 0 Å². The molecule has 0 bridgehead atoms. The molecule has 0 saturated carbocycles. The van der Waals surface area contributed by atoms with Gasteiger partial charge in [0, 0.05) is 17.6 Å². The quantitative estimate of drug-likeness (QED) is 0.838. The first kappa shape index (κ1) is 14.4. The minimum Gasteiger partial charge on any atom is -0.492 e. The highest BCUT2D eigenvalue weighted by atomic mass is 35.5. The third-order valence-corrected chi connectivity index (χ3v) is 3.10. The Kier molecular flexibility index (Phi) is 5.02. The number of benzene rings is 2. The molecular weight excluding hydrogens is 274 g/mol. The molecule has 0 aromatic heterocycles. The largest absolute Gasteiger partial charge is 0.492 e. The van der Waals surface area contributed by atoms with Crippen molar-refractivity contribution in [2.45, 2.75) is 6.92 Å². The number of hydrogen-bond donors (Lipinski definition) is 0. The summed E-state index contributed by atoms with van der Waals surface area (Å²) in [4.78, 5) is 13.4. The summed E-state index contributed by atoms with van der Waals surface area (Å²) in [5.41, 5.74) is 0.875. The normalized spacial score (nSPS) is 10.1. The lowest BCUT2D eigenvalue weighted by Gasteiger charge is -2.21. The summed E-state index contributed by atoms with van der Waals surface area (Å²) in [6, 6.07) is 16.7. The van der Waals surface area contributed by atoms with Gasteiger partial charge >= 0.3 is 0 Å². The van der Waals surface area contributed by atoms with E-state index in [1.807, 2.05) is 42.5 Å². The average molecular weight is 290 g/mol. The number of anilines is 1. The summed E-state index contributed by atoms with van der Waals surface area (Å²) >= 11 is 5.81. The molecule has 0 radical (unpaired) electrons. The van der Waals surface area contributed by atoms with Crippen LogP contribution in [0.1, 0.15) is 6.92 Å². The van der Waals surface area contributed by atoms with Crippen molar-refractivity contribution in [3.8, 4) is 5.75 Å². The van der Waals surface area contributed by atoms with Crippen LogP contribution in [0.15, 0.2) is 54.6 Å². The van der Waals surface area contributed by atoms with Crippen molar-refractivity contribution in [1.29, 1.82) is 0 Å². The monoisotopic (exact) mass is 289 g/mol. The summed E-state index contributed by atoms with van der Waals surface area (Å²) < 4.78 is 5.61. The maximum Gasteiger partial charge on any atom is 0.223 e. The van der Waals surface area contributed by atoms with E-state index in [9.17, 15) is 4.79 Å². The molecule has 0 aliphatic carbocycles. The van der Waals surface area contributed by atoms with Crippen molar-refractivity contribution in [3.63, 3.8) is 0 Å². The van der Waals surface area contributed by atoms with E-state index < -0.39 is 0 Å². The molecule has 0 aliphatic heterocycles. The summed E-state index contributed by atoms with van der Waals surface area (Å²) in [6.45, 7) is 2.48. The van der Waals surface area contributed by atoms with Crippen LogP contribution in [0.3, 0.4) is 0 Å². The first-order valence-electron chi connectivity index (χ1n) is 6.38. The highest BCUT2D eigenvalue weighted by Gasteiger charge is 2.10. The van der Waals surface area contributed by atoms with E-state index in [1.54, 1.807) is 24.0 Å². The lowest BCUT2D eigenvalue weighted by atomic mass is 10.3. The van der Waals surface area contributed by atoms with E-state index in [4.69, 9.17) is 16.3 Å². The van der Waals surface area contributed by atoms with Crippen molar-refractivity contribution in [2.24, 2.45) is 0 Å². The molecule has 1 amide bonds. The topological polar surface area (TPSA) is 29.5 Å². The second kappa shape index (κ2) is 6.96. The summed E-state index contributed by atoms with van der Waals surface area (Å²) in [7, 11) is 0. The number of nitrogens with zero attached hydrogens (tertiary/aromatic N) is 1. The van der Waals surface area contributed by atoms with Gasteiger partial charge in [0.1, 0.15) is 12.4 Å². The molecule has 20 heavy (non-hydrogen) atoms. The van der Waals surface area contributed by atoms with Crippen LogP contribution in [-0.4, -0.2) is 19.1 Å². The Morgan fingerprint density at radius 2 is 1.75 bits per heavy atom. The van der Waals surface area contributed by atoms with Crippen LogP contribution >= 0.6 is 11.6 Å². The van der Waals surface area contributed by atoms with Crippen molar-refractivity contribution in [3.05, 3.63) is 59.6 Å². The Hall–Kier alpha value is -2.00. The number of carbonyl (C=O) groups excluding carboxylic acids is 1. The molecule has 2 aromatic rings. The van der Waals surface area contributed by atoms with Crippen LogP contribution in [0.4, 0.5) is 5.69 Å². The molecule has 2 rings (SSSR count). The lowest BCUT2D eigenvalue weighted by Crippen LogP contribution is -2.32. The average Bonchev–Trinajstić information content (AvgIpc) is 2.46. The molecular formula is C16H16ClNO2. The third-order valence-electron chi connectivity index (χ3n) is 2.85. The number of amides is 1. The fraction of sp³-hybridized carbons (Fsp3) is 0.188. The molecule has 0 saturated heterocycles. The van der Waals surface area contributed by atoms with E-state index in [-0.39, 0.29) is 5.91 Å². The van der Waals surface area contributed by atoms with E-state index >= 15 is 0 Å². The van der Waals surface area contributed by atoms with Crippen LogP contribution in [0.5, 0.6) is 5.75 Å². The fourth-order valence-corrected chi connectivity index (χ4v) is 1.99. The first-order chi connectivity index (χ1) is 9.66. The Balaban J connectivity index is 1.93. The number of carbonyl (C=O) groups is 1. The lowest BCUT2D eigenvalue weighted by molar-refractivity contribution is -0.116. The summed E-state index contributed by atoms with van der Waals surface area (Å²) in [5.74, 6) is 0.738. The molecule has 0 aliphatic rings. The number of hydrogen-bond acceptors (Lipinski definition) is 2. The van der Waals surface area contributed by atoms with Crippen molar-refractivity contribution in [2.75, 3.05) is 18.1 Å². The van der Waals surface area contributed by atoms with Crippen LogP contribution < -0.4 is 9.64 Å². The van der Waals surface area contributed by atoms with Gasteiger partial charge in [-0.25, -0.2) is 0 Å². The molecule has 0 fully saturated rings. The van der Waals surface area contributed by atoms with Crippen molar-refractivity contribution >= 4 is 23.2 Å².